The zero-order valence-electron chi connectivity index (χ0n) is 41.9. The number of ether oxygens (including phenoxy) is 1. The smallest absolute Gasteiger partial charge is 0.135 e. The minimum atomic E-state index is -0.337. The van der Waals surface area contributed by atoms with Gasteiger partial charge in [0.05, 0.1) is 0 Å². The summed E-state index contributed by atoms with van der Waals surface area (Å²) in [5.74, 6) is 2.01. The third-order valence-corrected chi connectivity index (χ3v) is 14.0. The Morgan fingerprint density at radius 1 is 0.500 bits per heavy atom. The van der Waals surface area contributed by atoms with Gasteiger partial charge in [-0.15, -0.1) is 48.1 Å². The standard InChI is InChI=1S/C64H61N4O.Pt/c1-61(2,3)49-36-50(62(4,5)6)38-52(37-49)67-43-66(42-59(67)64(9,10)47-25-18-13-19-26-47)51-27-20-28-53(40-51)69-54-30-31-55-56-35-45(44-21-14-11-15-22-44)29-32-57(56)68(58(55)41-54)60-39-48(33-34-65-60)63(7,8)46-23-16-12-17-24-46;/h11-39,42-43H,1-10H3;/q-3;. The topological polar surface area (TPSA) is 33.5 Å². The first-order valence-electron chi connectivity index (χ1n) is 24.1. The molecule has 0 saturated heterocycles. The summed E-state index contributed by atoms with van der Waals surface area (Å²) >= 11 is 0. The second kappa shape index (κ2) is 18.6. The van der Waals surface area contributed by atoms with Gasteiger partial charge in [-0.1, -0.05) is 184 Å². The van der Waals surface area contributed by atoms with Crippen LogP contribution in [0.25, 0.3) is 38.8 Å². The van der Waals surface area contributed by atoms with E-state index in [1.54, 1.807) is 0 Å². The molecule has 6 heteroatoms. The van der Waals surface area contributed by atoms with E-state index in [-0.39, 0.29) is 42.7 Å². The molecule has 0 saturated carbocycles. The van der Waals surface area contributed by atoms with Crippen LogP contribution in [0.1, 0.15) is 97.1 Å². The summed E-state index contributed by atoms with van der Waals surface area (Å²) in [7, 11) is 0. The molecule has 0 amide bonds. The van der Waals surface area contributed by atoms with Crippen LogP contribution in [0.2, 0.25) is 0 Å². The quantitative estimate of drug-likeness (QED) is 0.128. The average Bonchev–Trinajstić information content (AvgIpc) is 3.95. The Balaban J connectivity index is 0.00000608. The van der Waals surface area contributed by atoms with Crippen LogP contribution < -0.4 is 14.5 Å². The number of allylic oxidation sites excluding steroid dienone is 1. The third kappa shape index (κ3) is 9.25. The number of nitrogens with zero attached hydrogens (tertiary/aromatic N) is 4. The maximum Gasteiger partial charge on any atom is 0.135 e. The summed E-state index contributed by atoms with van der Waals surface area (Å²) in [6.45, 7) is 25.1. The minimum Gasteiger partial charge on any atom is -0.509 e. The summed E-state index contributed by atoms with van der Waals surface area (Å²) < 4.78 is 8.99. The fourth-order valence-corrected chi connectivity index (χ4v) is 9.58. The van der Waals surface area contributed by atoms with Crippen molar-refractivity contribution in [1.29, 1.82) is 0 Å². The van der Waals surface area contributed by atoms with Crippen LogP contribution in [0.4, 0.5) is 11.4 Å². The van der Waals surface area contributed by atoms with E-state index in [9.17, 15) is 0 Å². The number of rotatable bonds is 10. The van der Waals surface area contributed by atoms with Crippen molar-refractivity contribution in [3.8, 4) is 28.4 Å². The van der Waals surface area contributed by atoms with Crippen LogP contribution in [-0.4, -0.2) is 9.55 Å². The molecule has 0 aliphatic carbocycles. The Labute approximate surface area is 429 Å². The first-order chi connectivity index (χ1) is 32.9. The fourth-order valence-electron chi connectivity index (χ4n) is 9.58. The van der Waals surface area contributed by atoms with Crippen LogP contribution in [0.15, 0.2) is 188 Å². The predicted octanol–water partition coefficient (Wildman–Crippen LogP) is 16.4. The second-order valence-corrected chi connectivity index (χ2v) is 21.6. The largest absolute Gasteiger partial charge is 0.509 e. The molecule has 0 bridgehead atoms. The summed E-state index contributed by atoms with van der Waals surface area (Å²) in [5, 5.41) is 2.19. The number of hydrogen-bond donors (Lipinski definition) is 0. The van der Waals surface area contributed by atoms with E-state index in [1.807, 2.05) is 24.4 Å². The first kappa shape index (κ1) is 48.3. The monoisotopic (exact) mass is 1100 g/mol. The molecule has 0 atom stereocenters. The van der Waals surface area contributed by atoms with Gasteiger partial charge in [0.25, 0.3) is 0 Å². The molecule has 70 heavy (non-hydrogen) atoms. The number of hydrogen-bond acceptors (Lipinski definition) is 4. The van der Waals surface area contributed by atoms with Gasteiger partial charge in [-0.3, -0.25) is 0 Å². The molecular formula is C64H61N4OPt-3. The van der Waals surface area contributed by atoms with Crippen LogP contribution in [0, 0.1) is 18.8 Å². The number of fused-ring (bicyclic) bond motifs is 3. The minimum absolute atomic E-state index is 0. The van der Waals surface area contributed by atoms with Gasteiger partial charge in [0.15, 0.2) is 0 Å². The van der Waals surface area contributed by atoms with Gasteiger partial charge >= 0.3 is 0 Å². The van der Waals surface area contributed by atoms with Crippen molar-refractivity contribution >= 4 is 33.2 Å². The van der Waals surface area contributed by atoms with Crippen molar-refractivity contribution in [3.63, 3.8) is 0 Å². The van der Waals surface area contributed by atoms with Crippen LogP contribution in [0.5, 0.6) is 11.5 Å². The molecule has 9 aromatic rings. The number of aromatic nitrogens is 2. The third-order valence-electron chi connectivity index (χ3n) is 14.0. The van der Waals surface area contributed by atoms with Crippen molar-refractivity contribution < 1.29 is 25.8 Å². The maximum atomic E-state index is 6.76. The molecule has 356 valence electrons. The van der Waals surface area contributed by atoms with Gasteiger partial charge < -0.3 is 19.1 Å². The molecule has 0 unspecified atom stereocenters. The molecule has 0 N–H and O–H groups in total. The fraction of sp³-hybridized carbons (Fsp3) is 0.219. The van der Waals surface area contributed by atoms with Gasteiger partial charge in [-0.25, -0.2) is 4.98 Å². The Kier molecular flexibility index (Phi) is 12.8. The number of benzene rings is 7. The van der Waals surface area contributed by atoms with Gasteiger partial charge in [0.1, 0.15) is 5.82 Å². The Morgan fingerprint density at radius 3 is 1.76 bits per heavy atom. The van der Waals surface area contributed by atoms with Crippen molar-refractivity contribution in [3.05, 3.63) is 235 Å². The van der Waals surface area contributed by atoms with Crippen LogP contribution in [-0.2, 0) is 42.7 Å². The SMILES string of the molecule is CC(C)(C)c1cc(N2[CH-]N(c3[c-]c(Oc4[c-]c5c(cc4)c4cc(-c6ccccc6)ccc4n5-c4cc(C(C)(C)c5ccccc5)ccn4)ccc3)C=C2C(C)(C)c2ccccc2)cc(C(C)(C)C)c1.[Pt]. The summed E-state index contributed by atoms with van der Waals surface area (Å²) in [4.78, 5) is 9.57. The normalized spacial score (nSPS) is 13.4. The van der Waals surface area contributed by atoms with Crippen molar-refractivity contribution in [2.75, 3.05) is 9.80 Å². The van der Waals surface area contributed by atoms with Crippen molar-refractivity contribution in [2.45, 2.75) is 90.9 Å². The Morgan fingerprint density at radius 2 is 1.11 bits per heavy atom. The van der Waals surface area contributed by atoms with Gasteiger partial charge in [0, 0.05) is 66.5 Å². The molecule has 7 aromatic carbocycles. The van der Waals surface area contributed by atoms with Crippen LogP contribution >= 0.6 is 0 Å². The Bertz CT molecular complexity index is 3320. The molecule has 1 aliphatic rings. The predicted molar refractivity (Wildman–Crippen MR) is 287 cm³/mol. The molecule has 0 spiro atoms. The average molecular weight is 1100 g/mol. The summed E-state index contributed by atoms with van der Waals surface area (Å²) in [5.41, 5.74) is 13.0. The molecule has 3 heterocycles. The Hall–Kier alpha value is -6.68. The van der Waals surface area contributed by atoms with E-state index in [4.69, 9.17) is 9.72 Å². The zero-order chi connectivity index (χ0) is 48.3. The van der Waals surface area contributed by atoms with Gasteiger partial charge in [-0.2, -0.15) is 12.1 Å². The van der Waals surface area contributed by atoms with E-state index in [0.29, 0.717) is 11.5 Å². The second-order valence-electron chi connectivity index (χ2n) is 21.6. The molecule has 1 aliphatic heterocycles. The van der Waals surface area contributed by atoms with Gasteiger partial charge in [-0.05, 0) is 91.7 Å². The first-order valence-corrected chi connectivity index (χ1v) is 24.1. The van der Waals surface area contributed by atoms with E-state index >= 15 is 0 Å². The van der Waals surface area contributed by atoms with Crippen molar-refractivity contribution in [2.24, 2.45) is 0 Å². The van der Waals surface area contributed by atoms with Crippen molar-refractivity contribution in [1.82, 2.24) is 9.55 Å². The van der Waals surface area contributed by atoms with E-state index in [0.717, 1.165) is 50.3 Å². The maximum absolute atomic E-state index is 6.76. The molecule has 0 radical (unpaired) electrons. The zero-order valence-corrected chi connectivity index (χ0v) is 44.2. The summed E-state index contributed by atoms with van der Waals surface area (Å²) in [6, 6.07) is 67.8. The summed E-state index contributed by atoms with van der Waals surface area (Å²) in [6.07, 6.45) is 4.18. The molecule has 2 aromatic heterocycles. The number of anilines is 2. The molecular weight excluding hydrogens is 1040 g/mol. The van der Waals surface area contributed by atoms with Crippen LogP contribution in [0.3, 0.4) is 0 Å². The van der Waals surface area contributed by atoms with E-state index in [2.05, 4.69) is 260 Å². The van der Waals surface area contributed by atoms with E-state index in [1.165, 1.54) is 33.4 Å². The molecule has 0 fully saturated rings. The number of pyridine rings is 1. The molecule has 10 rings (SSSR count). The molecule has 5 nitrogen and oxygen atoms in total. The van der Waals surface area contributed by atoms with E-state index < -0.39 is 0 Å². The van der Waals surface area contributed by atoms with Gasteiger partial charge in [0.2, 0.25) is 0 Å².